The quantitative estimate of drug-likeness (QED) is 0.278. The molecule has 31 heavy (non-hydrogen) atoms. The smallest absolute Gasteiger partial charge is 0.234 e. The lowest BCUT2D eigenvalue weighted by Crippen LogP contribution is -2.14. The fraction of sp³-hybridized carbons (Fsp3) is 0.318. The van der Waals surface area contributed by atoms with Gasteiger partial charge in [-0.25, -0.2) is 0 Å². The zero-order chi connectivity index (χ0) is 22.2. The van der Waals surface area contributed by atoms with Crippen LogP contribution in [-0.4, -0.2) is 33.0 Å². The molecule has 0 fully saturated rings. The highest BCUT2D eigenvalue weighted by Gasteiger charge is 2.15. The Morgan fingerprint density at radius 2 is 1.87 bits per heavy atom. The zero-order valence-corrected chi connectivity index (χ0v) is 19.7. The van der Waals surface area contributed by atoms with E-state index < -0.39 is 0 Å². The topological polar surface area (TPSA) is 69.0 Å². The Morgan fingerprint density at radius 3 is 2.55 bits per heavy atom. The van der Waals surface area contributed by atoms with E-state index in [9.17, 15) is 4.79 Å². The molecule has 164 valence electrons. The third kappa shape index (κ3) is 6.38. The maximum atomic E-state index is 12.3. The molecule has 0 atom stereocenters. The third-order valence-corrected chi connectivity index (χ3v) is 6.15. The van der Waals surface area contributed by atoms with Crippen molar-refractivity contribution in [2.45, 2.75) is 38.4 Å². The molecule has 0 spiro atoms. The van der Waals surface area contributed by atoms with Gasteiger partial charge in [0.25, 0.3) is 0 Å². The van der Waals surface area contributed by atoms with Gasteiger partial charge in [0.15, 0.2) is 11.0 Å². The summed E-state index contributed by atoms with van der Waals surface area (Å²) >= 11 is 13.2. The van der Waals surface area contributed by atoms with Crippen LogP contribution < -0.4 is 10.1 Å². The number of ether oxygens (including phenoxy) is 1. The predicted octanol–water partition coefficient (Wildman–Crippen LogP) is 6.18. The second-order valence-corrected chi connectivity index (χ2v) is 8.50. The number of halogens is 2. The molecule has 1 aromatic heterocycles. The Morgan fingerprint density at radius 1 is 1.10 bits per heavy atom. The minimum Gasteiger partial charge on any atom is -0.494 e. The normalized spacial score (nSPS) is 10.8. The summed E-state index contributed by atoms with van der Waals surface area (Å²) in [7, 11) is 0. The van der Waals surface area contributed by atoms with Crippen LogP contribution >= 0.6 is 35.0 Å². The first-order valence-corrected chi connectivity index (χ1v) is 11.8. The van der Waals surface area contributed by atoms with Gasteiger partial charge >= 0.3 is 0 Å². The van der Waals surface area contributed by atoms with E-state index in [2.05, 4.69) is 22.4 Å². The fourth-order valence-electron chi connectivity index (χ4n) is 2.83. The number of carbonyl (C=O) groups is 1. The van der Waals surface area contributed by atoms with Crippen molar-refractivity contribution < 1.29 is 9.53 Å². The van der Waals surface area contributed by atoms with Crippen LogP contribution in [0.2, 0.25) is 10.0 Å². The van der Waals surface area contributed by atoms with E-state index in [1.165, 1.54) is 11.8 Å². The summed E-state index contributed by atoms with van der Waals surface area (Å²) in [6.07, 6.45) is 2.13. The fourth-order valence-corrected chi connectivity index (χ4v) is 3.93. The second kappa shape index (κ2) is 11.4. The lowest BCUT2D eigenvalue weighted by Gasteiger charge is -2.09. The highest BCUT2D eigenvalue weighted by Crippen LogP contribution is 2.27. The van der Waals surface area contributed by atoms with Crippen LogP contribution in [0.15, 0.2) is 47.6 Å². The van der Waals surface area contributed by atoms with Crippen molar-refractivity contribution in [3.63, 3.8) is 0 Å². The number of amides is 1. The largest absolute Gasteiger partial charge is 0.494 e. The minimum atomic E-state index is -0.163. The van der Waals surface area contributed by atoms with Gasteiger partial charge in [-0.1, -0.05) is 48.3 Å². The summed E-state index contributed by atoms with van der Waals surface area (Å²) < 4.78 is 7.71. The van der Waals surface area contributed by atoms with Gasteiger partial charge in [-0.3, -0.25) is 4.79 Å². The van der Waals surface area contributed by atoms with E-state index in [0.717, 1.165) is 30.0 Å². The molecule has 1 heterocycles. The van der Waals surface area contributed by atoms with Gasteiger partial charge in [0.05, 0.1) is 22.4 Å². The van der Waals surface area contributed by atoms with Crippen LogP contribution in [0.25, 0.3) is 11.4 Å². The summed E-state index contributed by atoms with van der Waals surface area (Å²) in [5.74, 6) is 1.63. The number of rotatable bonds is 10. The number of unbranched alkanes of at least 4 members (excludes halogenated alkanes) is 1. The number of hydrogen-bond donors (Lipinski definition) is 1. The van der Waals surface area contributed by atoms with Crippen LogP contribution in [0, 0.1) is 0 Å². The van der Waals surface area contributed by atoms with Crippen molar-refractivity contribution in [3.05, 3.63) is 52.5 Å². The van der Waals surface area contributed by atoms with E-state index in [1.807, 2.05) is 35.8 Å². The van der Waals surface area contributed by atoms with Gasteiger partial charge in [-0.2, -0.15) is 0 Å². The van der Waals surface area contributed by atoms with Gasteiger partial charge in [0.1, 0.15) is 5.75 Å². The Kier molecular flexibility index (Phi) is 8.63. The van der Waals surface area contributed by atoms with Crippen molar-refractivity contribution in [1.82, 2.24) is 14.8 Å². The Bertz CT molecular complexity index is 1020. The number of aromatic nitrogens is 3. The van der Waals surface area contributed by atoms with Gasteiger partial charge < -0.3 is 14.6 Å². The maximum absolute atomic E-state index is 12.3. The highest BCUT2D eigenvalue weighted by atomic mass is 35.5. The van der Waals surface area contributed by atoms with E-state index in [-0.39, 0.29) is 11.7 Å². The maximum Gasteiger partial charge on any atom is 0.234 e. The molecule has 0 bridgehead atoms. The summed E-state index contributed by atoms with van der Waals surface area (Å²) in [6.45, 7) is 5.56. The summed E-state index contributed by atoms with van der Waals surface area (Å²) in [4.78, 5) is 12.3. The first kappa shape index (κ1) is 23.4. The van der Waals surface area contributed by atoms with E-state index in [1.54, 1.807) is 18.2 Å². The number of nitrogens with one attached hydrogen (secondary N) is 1. The van der Waals surface area contributed by atoms with Gasteiger partial charge in [-0.05, 0) is 55.8 Å². The Hall–Kier alpha value is -2.22. The molecule has 1 N–H and O–H groups in total. The molecular weight excluding hydrogens is 455 g/mol. The molecule has 0 aliphatic heterocycles. The summed E-state index contributed by atoms with van der Waals surface area (Å²) in [6, 6.07) is 12.8. The number of benzene rings is 2. The molecule has 0 aliphatic carbocycles. The second-order valence-electron chi connectivity index (χ2n) is 6.74. The molecule has 1 amide bonds. The summed E-state index contributed by atoms with van der Waals surface area (Å²) in [5.41, 5.74) is 1.54. The molecule has 0 saturated heterocycles. The number of nitrogens with zero attached hydrogens (tertiary/aromatic N) is 3. The highest BCUT2D eigenvalue weighted by molar-refractivity contribution is 7.99. The van der Waals surface area contributed by atoms with E-state index in [4.69, 9.17) is 27.9 Å². The average Bonchev–Trinajstić information content (AvgIpc) is 3.18. The molecule has 0 radical (unpaired) electrons. The molecule has 6 nitrogen and oxygen atoms in total. The number of carbonyl (C=O) groups excluding carboxylic acids is 1. The molecule has 9 heteroatoms. The first-order chi connectivity index (χ1) is 15.0. The monoisotopic (exact) mass is 478 g/mol. The molecular formula is C22H24Cl2N4O2S. The average molecular weight is 479 g/mol. The van der Waals surface area contributed by atoms with Crippen molar-refractivity contribution in [1.29, 1.82) is 0 Å². The lowest BCUT2D eigenvalue weighted by atomic mass is 10.2. The van der Waals surface area contributed by atoms with Crippen LogP contribution in [0.4, 0.5) is 5.69 Å². The third-order valence-electron chi connectivity index (χ3n) is 4.45. The SMILES string of the molecule is CCCCOc1ccc(-c2nnc(SCC(=O)Nc3ccc(Cl)c(Cl)c3)n2CC)cc1. The van der Waals surface area contributed by atoms with Gasteiger partial charge in [-0.15, -0.1) is 10.2 Å². The zero-order valence-electron chi connectivity index (χ0n) is 17.4. The predicted molar refractivity (Wildman–Crippen MR) is 127 cm³/mol. The van der Waals surface area contributed by atoms with Crippen LogP contribution in [0.5, 0.6) is 5.75 Å². The van der Waals surface area contributed by atoms with Crippen molar-refractivity contribution in [2.24, 2.45) is 0 Å². The van der Waals surface area contributed by atoms with Crippen LogP contribution in [0.3, 0.4) is 0 Å². The lowest BCUT2D eigenvalue weighted by molar-refractivity contribution is -0.113. The summed E-state index contributed by atoms with van der Waals surface area (Å²) in [5, 5.41) is 12.9. The molecule has 3 rings (SSSR count). The van der Waals surface area contributed by atoms with Gasteiger partial charge in [0, 0.05) is 17.8 Å². The Balaban J connectivity index is 1.63. The first-order valence-electron chi connectivity index (χ1n) is 10.1. The van der Waals surface area contributed by atoms with Crippen molar-refractivity contribution in [2.75, 3.05) is 17.7 Å². The van der Waals surface area contributed by atoms with E-state index in [0.29, 0.717) is 34.0 Å². The number of hydrogen-bond acceptors (Lipinski definition) is 5. The molecule has 0 unspecified atom stereocenters. The standard InChI is InChI=1S/C22H24Cl2N4O2S/c1-3-5-12-30-17-9-6-15(7-10-17)21-26-27-22(28(21)4-2)31-14-20(29)25-16-8-11-18(23)19(24)13-16/h6-11,13H,3-5,12,14H2,1-2H3,(H,25,29). The minimum absolute atomic E-state index is 0.163. The van der Waals surface area contributed by atoms with Crippen molar-refractivity contribution >= 4 is 46.6 Å². The molecule has 0 aliphatic rings. The van der Waals surface area contributed by atoms with Crippen LogP contribution in [-0.2, 0) is 11.3 Å². The molecule has 2 aromatic carbocycles. The number of anilines is 1. The Labute approximate surface area is 196 Å². The van der Waals surface area contributed by atoms with Crippen molar-refractivity contribution in [3.8, 4) is 17.1 Å². The van der Waals surface area contributed by atoms with Gasteiger partial charge in [0.2, 0.25) is 5.91 Å². The van der Waals surface area contributed by atoms with E-state index >= 15 is 0 Å². The molecule has 3 aromatic rings. The number of thioether (sulfide) groups is 1. The van der Waals surface area contributed by atoms with Crippen LogP contribution in [0.1, 0.15) is 26.7 Å². The molecule has 0 saturated carbocycles.